The normalized spacial score (nSPS) is 26.1. The maximum absolute atomic E-state index is 14.8. The van der Waals surface area contributed by atoms with E-state index in [1.807, 2.05) is 0 Å². The van der Waals surface area contributed by atoms with E-state index in [4.69, 9.17) is 0 Å². The number of aliphatic hydroxyl groups excluding tert-OH is 1. The zero-order chi connectivity index (χ0) is 27.4. The van der Waals surface area contributed by atoms with Crippen LogP contribution in [-0.2, 0) is 31.5 Å². The number of sulfone groups is 1. The first-order chi connectivity index (χ1) is 17.1. The van der Waals surface area contributed by atoms with E-state index in [-0.39, 0.29) is 48.3 Å². The summed E-state index contributed by atoms with van der Waals surface area (Å²) in [6, 6.07) is 7.53. The standard InChI is InChI=1S/C26H28F5NO4S/c1-15(33)14-32-23(34)20-11-12-25(37(35,36)19-7-5-18(27)6-8-19)21-10-4-17(24(2,28)26(29,30)31)13-16(21)3-9-22(20)25/h4-8,10,13,15,20,22,33H,3,9,11-12,14H2,1-2H3,(H,32,34)/t15-,20-,22+,24?,25-/m1/s1. The van der Waals surface area contributed by atoms with Gasteiger partial charge < -0.3 is 10.4 Å². The van der Waals surface area contributed by atoms with Gasteiger partial charge in [-0.2, -0.15) is 13.2 Å². The van der Waals surface area contributed by atoms with Gasteiger partial charge in [-0.25, -0.2) is 17.2 Å². The largest absolute Gasteiger partial charge is 0.426 e. The molecule has 37 heavy (non-hydrogen) atoms. The molecule has 2 N–H and O–H groups in total. The van der Waals surface area contributed by atoms with E-state index in [2.05, 4.69) is 5.32 Å². The van der Waals surface area contributed by atoms with Gasteiger partial charge in [0.25, 0.3) is 0 Å². The smallest absolute Gasteiger partial charge is 0.392 e. The van der Waals surface area contributed by atoms with Crippen LogP contribution in [-0.4, -0.2) is 38.3 Å². The second-order valence-corrected chi connectivity index (χ2v) is 12.3. The van der Waals surface area contributed by atoms with Crippen LogP contribution >= 0.6 is 0 Å². The third-order valence-corrected chi connectivity index (χ3v) is 10.4. The fourth-order valence-electron chi connectivity index (χ4n) is 5.83. The Morgan fingerprint density at radius 3 is 2.38 bits per heavy atom. The van der Waals surface area contributed by atoms with Gasteiger partial charge in [0.1, 0.15) is 10.6 Å². The molecule has 0 aromatic heterocycles. The minimum absolute atomic E-state index is 0.00263. The van der Waals surface area contributed by atoms with Crippen molar-refractivity contribution < 1.29 is 40.3 Å². The maximum Gasteiger partial charge on any atom is 0.426 e. The van der Waals surface area contributed by atoms with Crippen molar-refractivity contribution >= 4 is 15.7 Å². The van der Waals surface area contributed by atoms with E-state index in [9.17, 15) is 40.3 Å². The summed E-state index contributed by atoms with van der Waals surface area (Å²) in [5, 5.41) is 12.2. The molecule has 1 amide bonds. The number of benzene rings is 2. The molecule has 5 nitrogen and oxygen atoms in total. The molecule has 202 valence electrons. The number of carbonyl (C=O) groups excluding carboxylic acids is 1. The first-order valence-corrected chi connectivity index (χ1v) is 13.5. The van der Waals surface area contributed by atoms with Crippen LogP contribution in [0.5, 0.6) is 0 Å². The topological polar surface area (TPSA) is 83.5 Å². The molecule has 2 aliphatic rings. The Labute approximate surface area is 212 Å². The molecule has 11 heteroatoms. The molecular weight excluding hydrogens is 517 g/mol. The second kappa shape index (κ2) is 9.34. The Kier molecular flexibility index (Phi) is 6.94. The van der Waals surface area contributed by atoms with E-state index < -0.39 is 61.7 Å². The lowest BCUT2D eigenvalue weighted by atomic mass is 9.72. The minimum atomic E-state index is -5.17. The monoisotopic (exact) mass is 545 g/mol. The lowest BCUT2D eigenvalue weighted by Crippen LogP contribution is -2.47. The molecule has 2 aromatic rings. The second-order valence-electron chi connectivity index (χ2n) is 10.1. The third-order valence-electron chi connectivity index (χ3n) is 7.78. The number of aryl methyl sites for hydroxylation is 1. The average molecular weight is 546 g/mol. The number of halogens is 5. The van der Waals surface area contributed by atoms with Gasteiger partial charge in [0.2, 0.25) is 11.6 Å². The van der Waals surface area contributed by atoms with Gasteiger partial charge in [0.15, 0.2) is 9.84 Å². The van der Waals surface area contributed by atoms with Crippen LogP contribution in [0.4, 0.5) is 22.0 Å². The fraction of sp³-hybridized carbons (Fsp3) is 0.500. The number of alkyl halides is 4. The molecule has 0 aliphatic heterocycles. The van der Waals surface area contributed by atoms with E-state index in [0.29, 0.717) is 6.92 Å². The number of carbonyl (C=O) groups is 1. The quantitative estimate of drug-likeness (QED) is 0.407. The molecule has 2 aromatic carbocycles. The van der Waals surface area contributed by atoms with Crippen LogP contribution < -0.4 is 5.32 Å². The summed E-state index contributed by atoms with van der Waals surface area (Å²) in [7, 11) is -4.28. The summed E-state index contributed by atoms with van der Waals surface area (Å²) in [6.07, 6.45) is -5.48. The van der Waals surface area contributed by atoms with Crippen molar-refractivity contribution in [1.29, 1.82) is 0 Å². The molecule has 1 fully saturated rings. The van der Waals surface area contributed by atoms with Crippen LogP contribution in [0.15, 0.2) is 47.4 Å². The molecule has 4 rings (SSSR count). The van der Waals surface area contributed by atoms with Gasteiger partial charge in [-0.3, -0.25) is 4.79 Å². The lowest BCUT2D eigenvalue weighted by Gasteiger charge is -2.42. The van der Waals surface area contributed by atoms with Crippen LogP contribution in [0.25, 0.3) is 0 Å². The van der Waals surface area contributed by atoms with E-state index >= 15 is 0 Å². The number of fused-ring (bicyclic) bond motifs is 3. The highest BCUT2D eigenvalue weighted by atomic mass is 32.2. The van der Waals surface area contributed by atoms with Crippen molar-refractivity contribution in [2.24, 2.45) is 11.8 Å². The molecule has 0 bridgehead atoms. The number of rotatable bonds is 6. The Balaban J connectivity index is 1.87. The van der Waals surface area contributed by atoms with Crippen molar-refractivity contribution in [2.75, 3.05) is 6.54 Å². The average Bonchev–Trinajstić information content (AvgIpc) is 3.23. The van der Waals surface area contributed by atoms with Crippen molar-refractivity contribution in [3.8, 4) is 0 Å². The highest BCUT2D eigenvalue weighted by molar-refractivity contribution is 7.92. The van der Waals surface area contributed by atoms with Gasteiger partial charge in [-0.15, -0.1) is 0 Å². The highest BCUT2D eigenvalue weighted by Gasteiger charge is 2.62. The third kappa shape index (κ3) is 4.43. The van der Waals surface area contributed by atoms with Gasteiger partial charge in [-0.1, -0.05) is 18.2 Å². The first-order valence-electron chi connectivity index (χ1n) is 12.0. The predicted molar refractivity (Wildman–Crippen MR) is 125 cm³/mol. The molecule has 1 saturated carbocycles. The van der Waals surface area contributed by atoms with E-state index in [1.54, 1.807) is 0 Å². The molecule has 0 heterocycles. The molecule has 0 radical (unpaired) electrons. The number of amides is 1. The highest BCUT2D eigenvalue weighted by Crippen LogP contribution is 2.59. The molecule has 1 unspecified atom stereocenters. The first kappa shape index (κ1) is 27.5. The molecule has 2 aliphatic carbocycles. The van der Waals surface area contributed by atoms with Crippen LogP contribution in [0, 0.1) is 17.7 Å². The van der Waals surface area contributed by atoms with E-state index in [0.717, 1.165) is 36.4 Å². The SMILES string of the molecule is C[C@@H](O)CNC(=O)[C@@H]1CC[C@@]2(S(=O)(=O)c3ccc(F)cc3)c3ccc(C(C)(F)C(F)(F)F)cc3CC[C@@H]12. The van der Waals surface area contributed by atoms with Crippen LogP contribution in [0.3, 0.4) is 0 Å². The zero-order valence-electron chi connectivity index (χ0n) is 20.3. The number of aliphatic hydroxyl groups is 1. The van der Waals surface area contributed by atoms with Crippen LogP contribution in [0.2, 0.25) is 0 Å². The molecule has 0 saturated heterocycles. The maximum atomic E-state index is 14.8. The van der Waals surface area contributed by atoms with Crippen LogP contribution in [0.1, 0.15) is 49.8 Å². The number of nitrogens with one attached hydrogen (secondary N) is 1. The van der Waals surface area contributed by atoms with Crippen molar-refractivity contribution in [3.05, 3.63) is 65.0 Å². The van der Waals surface area contributed by atoms with Crippen molar-refractivity contribution in [3.63, 3.8) is 0 Å². The van der Waals surface area contributed by atoms with Gasteiger partial charge in [0.05, 0.1) is 11.0 Å². The minimum Gasteiger partial charge on any atom is -0.392 e. The predicted octanol–water partition coefficient (Wildman–Crippen LogP) is 4.71. The summed E-state index contributed by atoms with van der Waals surface area (Å²) in [6.45, 7) is 1.89. The Morgan fingerprint density at radius 1 is 1.14 bits per heavy atom. The van der Waals surface area contributed by atoms with Crippen molar-refractivity contribution in [2.45, 2.75) is 67.1 Å². The van der Waals surface area contributed by atoms with Gasteiger partial charge in [0, 0.05) is 12.5 Å². The Hall–Kier alpha value is -2.53. The zero-order valence-corrected chi connectivity index (χ0v) is 21.1. The number of hydrogen-bond acceptors (Lipinski definition) is 4. The summed E-state index contributed by atoms with van der Waals surface area (Å²) in [5.41, 5.74) is -3.75. The summed E-state index contributed by atoms with van der Waals surface area (Å²) < 4.78 is 95.2. The lowest BCUT2D eigenvalue weighted by molar-refractivity contribution is -0.228. The van der Waals surface area contributed by atoms with E-state index in [1.165, 1.54) is 13.0 Å². The Morgan fingerprint density at radius 2 is 1.78 bits per heavy atom. The fourth-order valence-corrected chi connectivity index (χ4v) is 8.30. The summed E-state index contributed by atoms with van der Waals surface area (Å²) in [4.78, 5) is 12.8. The molecular formula is C26H28F5NO4S. The summed E-state index contributed by atoms with van der Waals surface area (Å²) >= 11 is 0. The van der Waals surface area contributed by atoms with Crippen molar-refractivity contribution in [1.82, 2.24) is 5.32 Å². The Bertz CT molecular complexity index is 1290. The number of hydrogen-bond donors (Lipinski definition) is 2. The van der Waals surface area contributed by atoms with Gasteiger partial charge in [-0.05, 0) is 86.4 Å². The molecule has 0 spiro atoms. The summed E-state index contributed by atoms with van der Waals surface area (Å²) in [5.74, 6) is -2.52. The van der Waals surface area contributed by atoms with Gasteiger partial charge >= 0.3 is 6.18 Å². The molecule has 5 atom stereocenters.